The van der Waals surface area contributed by atoms with Gasteiger partial charge in [-0.05, 0) is 61.5 Å². The van der Waals surface area contributed by atoms with Gasteiger partial charge in [-0.2, -0.15) is 4.98 Å². The first-order chi connectivity index (χ1) is 24.3. The Morgan fingerprint density at radius 3 is 1.62 bits per heavy atom. The molecule has 1 saturated heterocycles. The van der Waals surface area contributed by atoms with Crippen LogP contribution in [0.2, 0.25) is 0 Å². The summed E-state index contributed by atoms with van der Waals surface area (Å²) in [7, 11) is 0. The van der Waals surface area contributed by atoms with E-state index < -0.39 is 60.1 Å². The van der Waals surface area contributed by atoms with Crippen LogP contribution in [-0.2, 0) is 18.9 Å². The monoisotopic (exact) mass is 673 g/mol. The predicted molar refractivity (Wildman–Crippen MR) is 179 cm³/mol. The van der Waals surface area contributed by atoms with Crippen LogP contribution in [0.1, 0.15) is 54.6 Å². The largest absolute Gasteiger partial charge is 0.456 e. The summed E-state index contributed by atoms with van der Waals surface area (Å²) in [6, 6.07) is 34.3. The van der Waals surface area contributed by atoms with E-state index in [1.807, 2.05) is 0 Å². The van der Waals surface area contributed by atoms with Gasteiger partial charge in [0.2, 0.25) is 0 Å². The van der Waals surface area contributed by atoms with Gasteiger partial charge in [-0.15, -0.1) is 0 Å². The molecule has 1 aliphatic rings. The highest BCUT2D eigenvalue weighted by atomic mass is 16.7. The number of carbonyl (C=O) groups excluding carboxylic acids is 4. The zero-order valence-corrected chi connectivity index (χ0v) is 26.7. The van der Waals surface area contributed by atoms with E-state index in [2.05, 4.69) is 10.3 Å². The molecule has 50 heavy (non-hydrogen) atoms. The molecule has 0 aliphatic carbocycles. The van der Waals surface area contributed by atoms with Gasteiger partial charge in [0, 0.05) is 11.8 Å². The van der Waals surface area contributed by atoms with Crippen molar-refractivity contribution in [2.75, 3.05) is 5.32 Å². The third-order valence-electron chi connectivity index (χ3n) is 7.88. The Bertz CT molecular complexity index is 2020. The molecular formula is C38H31N3O9. The number of anilines is 1. The molecule has 1 aliphatic heterocycles. The minimum absolute atomic E-state index is 0.0373. The number of esters is 3. The van der Waals surface area contributed by atoms with E-state index in [4.69, 9.17) is 18.9 Å². The highest BCUT2D eigenvalue weighted by molar-refractivity contribution is 6.03. The Morgan fingerprint density at radius 2 is 1.12 bits per heavy atom. The number of nitrogens with one attached hydrogen (secondary N) is 1. The van der Waals surface area contributed by atoms with Crippen molar-refractivity contribution >= 4 is 29.6 Å². The fourth-order valence-corrected chi connectivity index (χ4v) is 5.39. The number of carbonyl (C=O) groups is 4. The van der Waals surface area contributed by atoms with E-state index in [9.17, 15) is 24.0 Å². The summed E-state index contributed by atoms with van der Waals surface area (Å²) in [5.41, 5.74) is 0.150. The minimum Gasteiger partial charge on any atom is -0.456 e. The van der Waals surface area contributed by atoms with Crippen molar-refractivity contribution < 1.29 is 38.1 Å². The molecule has 0 unspecified atom stereocenters. The Hall–Kier alpha value is -6.40. The lowest BCUT2D eigenvalue weighted by Crippen LogP contribution is -2.44. The van der Waals surface area contributed by atoms with Gasteiger partial charge in [-0.1, -0.05) is 72.8 Å². The Kier molecular flexibility index (Phi) is 10.2. The number of hydrogen-bond donors (Lipinski definition) is 1. The molecule has 0 bridgehead atoms. The molecule has 252 valence electrons. The van der Waals surface area contributed by atoms with Crippen LogP contribution in [0.25, 0.3) is 0 Å². The van der Waals surface area contributed by atoms with Crippen molar-refractivity contribution in [2.24, 2.45) is 0 Å². The summed E-state index contributed by atoms with van der Waals surface area (Å²) in [6.07, 6.45) is -5.20. The van der Waals surface area contributed by atoms with Crippen LogP contribution in [0.4, 0.5) is 5.82 Å². The van der Waals surface area contributed by atoms with Gasteiger partial charge in [0.15, 0.2) is 18.4 Å². The van der Waals surface area contributed by atoms with E-state index in [0.29, 0.717) is 5.56 Å². The first-order valence-electron chi connectivity index (χ1n) is 15.7. The lowest BCUT2D eigenvalue weighted by atomic mass is 10.0. The molecule has 1 aromatic heterocycles. The van der Waals surface area contributed by atoms with Gasteiger partial charge in [0.25, 0.3) is 5.91 Å². The van der Waals surface area contributed by atoms with Crippen LogP contribution < -0.4 is 11.0 Å². The fraction of sp³-hybridized carbons (Fsp3) is 0.158. The summed E-state index contributed by atoms with van der Waals surface area (Å²) in [5, 5.41) is 2.58. The molecule has 1 fully saturated rings. The quantitative estimate of drug-likeness (QED) is 0.157. The Labute approximate surface area is 286 Å². The van der Waals surface area contributed by atoms with Crippen molar-refractivity contribution in [1.82, 2.24) is 9.55 Å². The molecule has 12 nitrogen and oxygen atoms in total. The van der Waals surface area contributed by atoms with Crippen molar-refractivity contribution in [3.8, 4) is 0 Å². The minimum atomic E-state index is -1.43. The average molecular weight is 674 g/mol. The fourth-order valence-electron chi connectivity index (χ4n) is 5.39. The average Bonchev–Trinajstić information content (AvgIpc) is 3.49. The highest BCUT2D eigenvalue weighted by Gasteiger charge is 2.54. The highest BCUT2D eigenvalue weighted by Crippen LogP contribution is 2.37. The molecule has 2 heterocycles. The molecular weight excluding hydrogens is 642 g/mol. The lowest BCUT2D eigenvalue weighted by molar-refractivity contribution is -0.0889. The Morgan fingerprint density at radius 1 is 0.660 bits per heavy atom. The number of amides is 1. The summed E-state index contributed by atoms with van der Waals surface area (Å²) in [4.78, 5) is 70.2. The van der Waals surface area contributed by atoms with Gasteiger partial charge in [-0.3, -0.25) is 9.36 Å². The van der Waals surface area contributed by atoms with Crippen LogP contribution in [-0.4, -0.2) is 57.8 Å². The standard InChI is InChI=1S/C38H31N3O9/c1-24(47-35(43)26-16-8-3-9-17-26)30-31(49-36(44)27-18-10-4-11-19-27)32(50-37(45)28-20-12-5-13-21-28)34(48-30)41-23-22-29(40-38(41)46)39-33(42)25-14-6-2-7-15-25/h2-24,30-32,34H,1H3,(H,39,40,42,46)/t24-,30-,31-,32-,34-/m1/s1. The molecule has 1 N–H and O–H groups in total. The number of benzene rings is 4. The summed E-state index contributed by atoms with van der Waals surface area (Å²) in [5.74, 6) is -2.74. The third-order valence-corrected chi connectivity index (χ3v) is 7.88. The molecule has 0 saturated carbocycles. The van der Waals surface area contributed by atoms with Gasteiger partial charge >= 0.3 is 23.6 Å². The van der Waals surface area contributed by atoms with E-state index in [0.717, 1.165) is 4.57 Å². The van der Waals surface area contributed by atoms with Gasteiger partial charge in [0.1, 0.15) is 18.0 Å². The molecule has 0 radical (unpaired) electrons. The summed E-state index contributed by atoms with van der Waals surface area (Å²) >= 11 is 0. The first kappa shape index (κ1) is 33.5. The van der Waals surface area contributed by atoms with Crippen LogP contribution >= 0.6 is 0 Å². The smallest absolute Gasteiger partial charge is 0.351 e. The SMILES string of the molecule is C[C@@H](OC(=O)c1ccccc1)[C@H]1O[C@@H](n2ccc(NC(=O)c3ccccc3)nc2=O)[C@H](OC(=O)c2ccccc2)[C@@H]1OC(=O)c1ccccc1. The third kappa shape index (κ3) is 7.66. The lowest BCUT2D eigenvalue weighted by Gasteiger charge is -2.27. The zero-order valence-electron chi connectivity index (χ0n) is 26.7. The van der Waals surface area contributed by atoms with Crippen molar-refractivity contribution in [1.29, 1.82) is 0 Å². The molecule has 1 amide bonds. The second-order valence-corrected chi connectivity index (χ2v) is 11.3. The molecule has 12 heteroatoms. The number of ether oxygens (including phenoxy) is 4. The van der Waals surface area contributed by atoms with Crippen LogP contribution in [0, 0.1) is 0 Å². The van der Waals surface area contributed by atoms with Gasteiger partial charge in [0.05, 0.1) is 16.7 Å². The summed E-state index contributed by atoms with van der Waals surface area (Å²) in [6.45, 7) is 1.54. The maximum Gasteiger partial charge on any atom is 0.351 e. The summed E-state index contributed by atoms with van der Waals surface area (Å²) < 4.78 is 25.0. The maximum atomic E-state index is 13.5. The first-order valence-corrected chi connectivity index (χ1v) is 15.7. The van der Waals surface area contributed by atoms with Crippen LogP contribution in [0.5, 0.6) is 0 Å². The number of hydrogen-bond acceptors (Lipinski definition) is 10. The molecule has 6 rings (SSSR count). The van der Waals surface area contributed by atoms with E-state index in [1.165, 1.54) is 31.3 Å². The van der Waals surface area contributed by atoms with Crippen LogP contribution in [0.3, 0.4) is 0 Å². The van der Waals surface area contributed by atoms with Crippen molar-refractivity contribution in [2.45, 2.75) is 37.6 Å². The maximum absolute atomic E-state index is 13.5. The van der Waals surface area contributed by atoms with Crippen molar-refractivity contribution in [3.63, 3.8) is 0 Å². The Balaban J connectivity index is 1.35. The van der Waals surface area contributed by atoms with E-state index in [1.54, 1.807) is 109 Å². The second-order valence-electron chi connectivity index (χ2n) is 11.3. The molecule has 5 aromatic rings. The predicted octanol–water partition coefficient (Wildman–Crippen LogP) is 5.09. The van der Waals surface area contributed by atoms with Crippen LogP contribution in [0.15, 0.2) is 138 Å². The van der Waals surface area contributed by atoms with Crippen molar-refractivity contribution in [3.05, 3.63) is 166 Å². The molecule has 4 aromatic carbocycles. The number of rotatable bonds is 10. The zero-order chi connectivity index (χ0) is 35.0. The van der Waals surface area contributed by atoms with Gasteiger partial charge < -0.3 is 24.3 Å². The molecule has 0 spiro atoms. The topological polar surface area (TPSA) is 152 Å². The van der Waals surface area contributed by atoms with E-state index in [-0.39, 0.29) is 22.5 Å². The van der Waals surface area contributed by atoms with E-state index >= 15 is 0 Å². The normalized spacial score (nSPS) is 18.7. The second kappa shape index (κ2) is 15.2. The number of nitrogens with zero attached hydrogens (tertiary/aromatic N) is 2. The molecule has 5 atom stereocenters. The van der Waals surface area contributed by atoms with Gasteiger partial charge in [-0.25, -0.2) is 19.2 Å². The number of aromatic nitrogens is 2.